The lowest BCUT2D eigenvalue weighted by atomic mass is 10.1. The third-order valence-electron chi connectivity index (χ3n) is 4.70. The molecule has 5 nitrogen and oxygen atoms in total. The van der Waals surface area contributed by atoms with Gasteiger partial charge in [-0.25, -0.2) is 18.2 Å². The molecule has 1 aliphatic rings. The first kappa shape index (κ1) is 20.7. The van der Waals surface area contributed by atoms with E-state index in [9.17, 15) is 27.9 Å². The molecular weight excluding hydrogens is 437 g/mol. The Labute approximate surface area is 177 Å². The topological polar surface area (TPSA) is 70.5 Å². The van der Waals surface area contributed by atoms with E-state index in [0.29, 0.717) is 11.8 Å². The largest absolute Gasteiger partial charge is 0.481 e. The monoisotopic (exact) mass is 452 g/mol. The molecule has 3 aromatic rings. The minimum atomic E-state index is -1.33. The number of halogens is 3. The first-order chi connectivity index (χ1) is 14.2. The number of benzene rings is 2. The molecule has 1 amide bonds. The van der Waals surface area contributed by atoms with E-state index >= 15 is 0 Å². The van der Waals surface area contributed by atoms with Crippen LogP contribution in [0, 0.1) is 31.3 Å². The number of carbonyl (C=O) groups excluding carboxylic acids is 1. The quantitative estimate of drug-likeness (QED) is 0.575. The van der Waals surface area contributed by atoms with Gasteiger partial charge in [0.1, 0.15) is 16.3 Å². The van der Waals surface area contributed by atoms with Crippen molar-refractivity contribution in [3.8, 4) is 0 Å². The molecule has 1 atom stereocenters. The average Bonchev–Trinajstić information content (AvgIpc) is 3.08. The number of nitrogens with zero attached hydrogens (tertiary/aromatic N) is 2. The second kappa shape index (κ2) is 7.59. The van der Waals surface area contributed by atoms with Crippen molar-refractivity contribution in [1.29, 1.82) is 0 Å². The number of carboxylic acid groups (broad SMARTS) is 1. The number of thioether (sulfide) groups is 1. The summed E-state index contributed by atoms with van der Waals surface area (Å²) in [7, 11) is 0. The third kappa shape index (κ3) is 3.54. The molecule has 4 rings (SSSR count). The van der Waals surface area contributed by atoms with Gasteiger partial charge in [0.15, 0.2) is 11.6 Å². The summed E-state index contributed by atoms with van der Waals surface area (Å²) < 4.78 is 41.5. The van der Waals surface area contributed by atoms with Gasteiger partial charge in [0.2, 0.25) is 5.91 Å². The van der Waals surface area contributed by atoms with Gasteiger partial charge in [-0.1, -0.05) is 6.07 Å². The van der Waals surface area contributed by atoms with Gasteiger partial charge in [-0.2, -0.15) is 0 Å². The number of fused-ring (bicyclic) bond motifs is 2. The maximum absolute atomic E-state index is 14.1. The molecule has 10 heteroatoms. The number of carbonyl (C=O) groups is 2. The van der Waals surface area contributed by atoms with Crippen LogP contribution >= 0.6 is 23.1 Å². The Morgan fingerprint density at radius 1 is 1.20 bits per heavy atom. The Morgan fingerprint density at radius 2 is 1.93 bits per heavy atom. The average molecular weight is 452 g/mol. The summed E-state index contributed by atoms with van der Waals surface area (Å²) in [5, 5.41) is 8.57. The van der Waals surface area contributed by atoms with Crippen LogP contribution in [-0.2, 0) is 16.1 Å². The first-order valence-corrected chi connectivity index (χ1v) is 10.6. The van der Waals surface area contributed by atoms with Gasteiger partial charge in [-0.05, 0) is 31.0 Å². The molecule has 0 saturated heterocycles. The number of hydrogen-bond donors (Lipinski definition) is 1. The zero-order chi connectivity index (χ0) is 21.7. The normalized spacial score (nSPS) is 16.2. The second-order valence-corrected chi connectivity index (χ2v) is 9.29. The van der Waals surface area contributed by atoms with Crippen molar-refractivity contribution in [2.24, 2.45) is 0 Å². The number of aryl methyl sites for hydroxylation is 2. The minimum Gasteiger partial charge on any atom is -0.481 e. The van der Waals surface area contributed by atoms with Crippen LogP contribution in [0.25, 0.3) is 10.2 Å². The van der Waals surface area contributed by atoms with Gasteiger partial charge in [-0.15, -0.1) is 23.1 Å². The Morgan fingerprint density at radius 3 is 2.63 bits per heavy atom. The molecule has 0 bridgehead atoms. The number of carboxylic acids is 1. The summed E-state index contributed by atoms with van der Waals surface area (Å²) in [5.41, 5.74) is 1.97. The van der Waals surface area contributed by atoms with Crippen molar-refractivity contribution in [1.82, 2.24) is 4.98 Å². The molecule has 0 aliphatic carbocycles. The number of aliphatic carboxylic acids is 1. The SMILES string of the molecule is Cc1cc(C)c2c(c1)N(Cc1nc3c(F)c(F)cc(F)c3s1)C(=O)C(CC(=O)O)S2. The molecule has 30 heavy (non-hydrogen) atoms. The molecule has 0 fully saturated rings. The van der Waals surface area contributed by atoms with E-state index in [1.807, 2.05) is 19.9 Å². The van der Waals surface area contributed by atoms with Gasteiger partial charge in [0.25, 0.3) is 0 Å². The van der Waals surface area contributed by atoms with E-state index < -0.39 is 40.1 Å². The Hall–Kier alpha value is -2.59. The predicted molar refractivity (Wildman–Crippen MR) is 108 cm³/mol. The van der Waals surface area contributed by atoms with Crippen LogP contribution in [0.2, 0.25) is 0 Å². The van der Waals surface area contributed by atoms with Crippen LogP contribution in [0.1, 0.15) is 22.6 Å². The van der Waals surface area contributed by atoms with Gasteiger partial charge < -0.3 is 10.0 Å². The highest BCUT2D eigenvalue weighted by molar-refractivity contribution is 8.01. The Kier molecular flexibility index (Phi) is 5.23. The highest BCUT2D eigenvalue weighted by atomic mass is 32.2. The summed E-state index contributed by atoms with van der Waals surface area (Å²) in [6.45, 7) is 3.64. The molecule has 2 heterocycles. The van der Waals surface area contributed by atoms with Gasteiger partial charge >= 0.3 is 5.97 Å². The molecule has 0 spiro atoms. The molecule has 1 unspecified atom stereocenters. The molecule has 156 valence electrons. The highest BCUT2D eigenvalue weighted by Gasteiger charge is 2.36. The van der Waals surface area contributed by atoms with Crippen molar-refractivity contribution in [2.75, 3.05) is 4.90 Å². The molecule has 0 saturated carbocycles. The number of amides is 1. The zero-order valence-corrected chi connectivity index (χ0v) is 17.5. The van der Waals surface area contributed by atoms with Crippen molar-refractivity contribution in [3.63, 3.8) is 0 Å². The summed E-state index contributed by atoms with van der Waals surface area (Å²) in [6.07, 6.45) is -0.360. The second-order valence-electron chi connectivity index (χ2n) is 7.00. The summed E-state index contributed by atoms with van der Waals surface area (Å²) in [6, 6.07) is 4.20. The summed E-state index contributed by atoms with van der Waals surface area (Å²) in [5.74, 6) is -5.03. The molecular formula is C20H15F3N2O3S2. The zero-order valence-electron chi connectivity index (χ0n) is 15.8. The fourth-order valence-electron chi connectivity index (χ4n) is 3.45. The van der Waals surface area contributed by atoms with Crippen molar-refractivity contribution < 1.29 is 27.9 Å². The maximum Gasteiger partial charge on any atom is 0.305 e. The van der Waals surface area contributed by atoms with Crippen LogP contribution in [0.3, 0.4) is 0 Å². The molecule has 1 aliphatic heterocycles. The predicted octanol–water partition coefficient (Wildman–Crippen LogP) is 4.81. The number of thiazole rings is 1. The van der Waals surface area contributed by atoms with E-state index in [-0.39, 0.29) is 22.7 Å². The molecule has 1 aromatic heterocycles. The van der Waals surface area contributed by atoms with Crippen LogP contribution in [0.5, 0.6) is 0 Å². The van der Waals surface area contributed by atoms with E-state index in [4.69, 9.17) is 0 Å². The highest BCUT2D eigenvalue weighted by Crippen LogP contribution is 2.44. The summed E-state index contributed by atoms with van der Waals surface area (Å²) >= 11 is 2.03. The van der Waals surface area contributed by atoms with Gasteiger partial charge in [0, 0.05) is 11.0 Å². The molecule has 2 aromatic carbocycles. The van der Waals surface area contributed by atoms with Gasteiger partial charge in [-0.3, -0.25) is 9.59 Å². The number of anilines is 1. The van der Waals surface area contributed by atoms with Gasteiger partial charge in [0.05, 0.1) is 28.6 Å². The van der Waals surface area contributed by atoms with E-state index in [1.54, 1.807) is 6.07 Å². The standard InChI is InChI=1S/C20H15F3N2O3S2/c1-8-3-9(2)18-12(4-8)25(20(28)13(29-18)6-15(26)27)7-14-24-17-16(23)10(21)5-11(22)19(17)30-14/h3-5,13H,6-7H2,1-2H3,(H,26,27). The number of aromatic nitrogens is 1. The Bertz CT molecular complexity index is 1210. The van der Waals surface area contributed by atoms with Crippen molar-refractivity contribution in [2.45, 2.75) is 37.0 Å². The first-order valence-electron chi connectivity index (χ1n) is 8.89. The summed E-state index contributed by atoms with van der Waals surface area (Å²) in [4.78, 5) is 30.5. The van der Waals surface area contributed by atoms with E-state index in [1.165, 1.54) is 16.7 Å². The van der Waals surface area contributed by atoms with Crippen molar-refractivity contribution >= 4 is 50.9 Å². The fourth-order valence-corrected chi connectivity index (χ4v) is 5.68. The lowest BCUT2D eigenvalue weighted by Crippen LogP contribution is -2.41. The lowest BCUT2D eigenvalue weighted by molar-refractivity contribution is -0.138. The minimum absolute atomic E-state index is 0.106. The molecule has 0 radical (unpaired) electrons. The van der Waals surface area contributed by atoms with Crippen LogP contribution < -0.4 is 4.90 Å². The third-order valence-corrected chi connectivity index (χ3v) is 7.17. The van der Waals surface area contributed by atoms with Crippen molar-refractivity contribution in [3.05, 3.63) is 51.8 Å². The fraction of sp³-hybridized carbons (Fsp3) is 0.250. The number of rotatable bonds is 4. The van der Waals surface area contributed by atoms with E-state index in [2.05, 4.69) is 4.98 Å². The number of hydrogen-bond acceptors (Lipinski definition) is 5. The maximum atomic E-state index is 14.1. The smallest absolute Gasteiger partial charge is 0.305 e. The lowest BCUT2D eigenvalue weighted by Gasteiger charge is -2.34. The Balaban J connectivity index is 1.80. The van der Waals surface area contributed by atoms with Crippen LogP contribution in [0.15, 0.2) is 23.1 Å². The van der Waals surface area contributed by atoms with Crippen LogP contribution in [-0.4, -0.2) is 27.2 Å². The van der Waals surface area contributed by atoms with Crippen LogP contribution in [0.4, 0.5) is 18.9 Å². The molecule has 1 N–H and O–H groups in total. The van der Waals surface area contributed by atoms with E-state index in [0.717, 1.165) is 27.4 Å².